The Labute approximate surface area is 98.1 Å². The summed E-state index contributed by atoms with van der Waals surface area (Å²) in [5, 5.41) is 8.23. The third-order valence-corrected chi connectivity index (χ3v) is 2.92. The van der Waals surface area contributed by atoms with E-state index in [9.17, 15) is 4.39 Å². The van der Waals surface area contributed by atoms with Crippen molar-refractivity contribution >= 4 is 11.6 Å². The van der Waals surface area contributed by atoms with Gasteiger partial charge in [-0.25, -0.2) is 4.39 Å². The van der Waals surface area contributed by atoms with E-state index in [2.05, 4.69) is 10.2 Å². The van der Waals surface area contributed by atoms with Crippen LogP contribution in [0.1, 0.15) is 11.1 Å². The van der Waals surface area contributed by atoms with Gasteiger partial charge in [0, 0.05) is 5.56 Å². The summed E-state index contributed by atoms with van der Waals surface area (Å²) in [4.78, 5) is 0. The van der Waals surface area contributed by atoms with Crippen LogP contribution >= 0.6 is 11.6 Å². The van der Waals surface area contributed by atoms with Crippen LogP contribution in [-0.4, -0.2) is 10.2 Å². The molecular formula is C12H10ClFN2. The summed E-state index contributed by atoms with van der Waals surface area (Å²) in [6.07, 6.45) is 0. The molecule has 0 aliphatic rings. The van der Waals surface area contributed by atoms with Crippen molar-refractivity contribution in [3.8, 4) is 11.3 Å². The average Bonchev–Trinajstić information content (AvgIpc) is 2.26. The molecule has 82 valence electrons. The lowest BCUT2D eigenvalue weighted by Crippen LogP contribution is -1.96. The molecule has 0 unspecified atom stereocenters. The highest BCUT2D eigenvalue weighted by atomic mass is 35.5. The van der Waals surface area contributed by atoms with Crippen LogP contribution in [0.4, 0.5) is 4.39 Å². The third kappa shape index (κ3) is 1.91. The molecule has 0 fully saturated rings. The Balaban J connectivity index is 2.61. The lowest BCUT2D eigenvalue weighted by molar-refractivity contribution is 0.628. The number of benzene rings is 1. The van der Waals surface area contributed by atoms with E-state index in [1.807, 2.05) is 13.8 Å². The second-order valence-electron chi connectivity index (χ2n) is 3.60. The minimum atomic E-state index is -0.286. The van der Waals surface area contributed by atoms with E-state index in [-0.39, 0.29) is 5.82 Å². The molecule has 0 aliphatic carbocycles. The Hall–Kier alpha value is -1.48. The minimum absolute atomic E-state index is 0.286. The first-order chi connectivity index (χ1) is 7.59. The maximum Gasteiger partial charge on any atom is 0.154 e. The molecule has 0 radical (unpaired) electrons. The number of aromatic nitrogens is 2. The van der Waals surface area contributed by atoms with Crippen molar-refractivity contribution < 1.29 is 4.39 Å². The summed E-state index contributed by atoms with van der Waals surface area (Å²) in [6.45, 7) is 3.77. The maximum absolute atomic E-state index is 13.1. The first kappa shape index (κ1) is 11.0. The zero-order valence-electron chi connectivity index (χ0n) is 8.96. The van der Waals surface area contributed by atoms with Crippen LogP contribution in [0.2, 0.25) is 5.15 Å². The zero-order chi connectivity index (χ0) is 11.7. The first-order valence-electron chi connectivity index (χ1n) is 4.85. The molecule has 1 heterocycles. The number of nitrogens with zero attached hydrogens (tertiary/aromatic N) is 2. The fraction of sp³-hybridized carbons (Fsp3) is 0.167. The van der Waals surface area contributed by atoms with E-state index in [1.54, 1.807) is 12.1 Å². The van der Waals surface area contributed by atoms with Crippen molar-refractivity contribution in [1.82, 2.24) is 10.2 Å². The number of hydrogen-bond donors (Lipinski definition) is 0. The van der Waals surface area contributed by atoms with Crippen molar-refractivity contribution in [2.75, 3.05) is 0 Å². The van der Waals surface area contributed by atoms with Gasteiger partial charge in [0.05, 0.1) is 5.69 Å². The van der Waals surface area contributed by atoms with Crippen LogP contribution in [0.5, 0.6) is 0 Å². The molecule has 2 nitrogen and oxygen atoms in total. The first-order valence-corrected chi connectivity index (χ1v) is 5.22. The molecule has 0 bridgehead atoms. The molecule has 0 aliphatic heterocycles. The lowest BCUT2D eigenvalue weighted by atomic mass is 10.0. The Morgan fingerprint density at radius 1 is 1.12 bits per heavy atom. The Bertz CT molecular complexity index is 541. The van der Waals surface area contributed by atoms with Gasteiger partial charge in [-0.2, -0.15) is 0 Å². The number of rotatable bonds is 1. The molecule has 0 atom stereocenters. The molecule has 1 aromatic carbocycles. The zero-order valence-corrected chi connectivity index (χ0v) is 9.72. The van der Waals surface area contributed by atoms with Crippen LogP contribution in [-0.2, 0) is 0 Å². The molecule has 2 rings (SSSR count). The summed E-state index contributed by atoms with van der Waals surface area (Å²) >= 11 is 5.86. The third-order valence-electron chi connectivity index (χ3n) is 2.56. The van der Waals surface area contributed by atoms with Gasteiger partial charge in [-0.1, -0.05) is 23.7 Å². The van der Waals surface area contributed by atoms with E-state index < -0.39 is 0 Å². The molecule has 0 spiro atoms. The minimum Gasteiger partial charge on any atom is -0.207 e. The fourth-order valence-corrected chi connectivity index (χ4v) is 1.67. The van der Waals surface area contributed by atoms with Crippen molar-refractivity contribution in [2.45, 2.75) is 13.8 Å². The lowest BCUT2D eigenvalue weighted by Gasteiger charge is -2.07. The topological polar surface area (TPSA) is 25.8 Å². The van der Waals surface area contributed by atoms with Crippen molar-refractivity contribution in [1.29, 1.82) is 0 Å². The van der Waals surface area contributed by atoms with E-state index in [0.717, 1.165) is 11.1 Å². The predicted octanol–water partition coefficient (Wildman–Crippen LogP) is 3.55. The molecule has 0 N–H and O–H groups in total. The monoisotopic (exact) mass is 236 g/mol. The Morgan fingerprint density at radius 2 is 1.88 bits per heavy atom. The van der Waals surface area contributed by atoms with Crippen LogP contribution in [0.3, 0.4) is 0 Å². The Kier molecular flexibility index (Phi) is 2.88. The van der Waals surface area contributed by atoms with Crippen molar-refractivity contribution in [3.05, 3.63) is 46.4 Å². The standard InChI is InChI=1S/C12H10ClFN2/c1-7-8(2)12(13)16-15-11(7)9-4-3-5-10(14)6-9/h3-6H,1-2H3. The van der Waals surface area contributed by atoms with E-state index in [1.165, 1.54) is 12.1 Å². The summed E-state index contributed by atoms with van der Waals surface area (Å²) in [5.74, 6) is -0.286. The number of halogens is 2. The molecule has 0 saturated heterocycles. The molecular weight excluding hydrogens is 227 g/mol. The van der Waals surface area contributed by atoms with Gasteiger partial charge in [-0.15, -0.1) is 10.2 Å². The second-order valence-corrected chi connectivity index (χ2v) is 3.96. The second kappa shape index (κ2) is 4.18. The average molecular weight is 237 g/mol. The van der Waals surface area contributed by atoms with Gasteiger partial charge < -0.3 is 0 Å². The maximum atomic E-state index is 13.1. The van der Waals surface area contributed by atoms with Gasteiger partial charge in [-0.05, 0) is 37.1 Å². The smallest absolute Gasteiger partial charge is 0.154 e. The van der Waals surface area contributed by atoms with Crippen LogP contribution in [0.15, 0.2) is 24.3 Å². The van der Waals surface area contributed by atoms with Crippen molar-refractivity contribution in [3.63, 3.8) is 0 Å². The van der Waals surface area contributed by atoms with Crippen LogP contribution < -0.4 is 0 Å². The molecule has 0 amide bonds. The quantitative estimate of drug-likeness (QED) is 0.757. The largest absolute Gasteiger partial charge is 0.207 e. The highest BCUT2D eigenvalue weighted by Gasteiger charge is 2.10. The fourth-order valence-electron chi connectivity index (χ4n) is 1.49. The van der Waals surface area contributed by atoms with Gasteiger partial charge in [-0.3, -0.25) is 0 Å². The van der Waals surface area contributed by atoms with E-state index in [4.69, 9.17) is 11.6 Å². The number of hydrogen-bond acceptors (Lipinski definition) is 2. The summed E-state index contributed by atoms with van der Waals surface area (Å²) in [6, 6.07) is 6.28. The molecule has 4 heteroatoms. The summed E-state index contributed by atoms with van der Waals surface area (Å²) in [7, 11) is 0. The highest BCUT2D eigenvalue weighted by Crippen LogP contribution is 2.25. The molecule has 0 saturated carbocycles. The summed E-state index contributed by atoms with van der Waals surface area (Å²) < 4.78 is 13.1. The van der Waals surface area contributed by atoms with Gasteiger partial charge in [0.15, 0.2) is 5.15 Å². The van der Waals surface area contributed by atoms with Gasteiger partial charge in [0.2, 0.25) is 0 Å². The Morgan fingerprint density at radius 3 is 2.56 bits per heavy atom. The normalized spacial score (nSPS) is 10.5. The summed E-state index contributed by atoms with van der Waals surface area (Å²) in [5.41, 5.74) is 3.17. The molecule has 2 aromatic rings. The molecule has 16 heavy (non-hydrogen) atoms. The predicted molar refractivity (Wildman–Crippen MR) is 61.9 cm³/mol. The van der Waals surface area contributed by atoms with E-state index in [0.29, 0.717) is 16.4 Å². The van der Waals surface area contributed by atoms with E-state index >= 15 is 0 Å². The van der Waals surface area contributed by atoms with Gasteiger partial charge in [0.1, 0.15) is 5.82 Å². The SMILES string of the molecule is Cc1c(Cl)nnc(-c2cccc(F)c2)c1C. The van der Waals surface area contributed by atoms with Gasteiger partial charge >= 0.3 is 0 Å². The van der Waals surface area contributed by atoms with Crippen LogP contribution in [0, 0.1) is 19.7 Å². The highest BCUT2D eigenvalue weighted by molar-refractivity contribution is 6.30. The van der Waals surface area contributed by atoms with Gasteiger partial charge in [0.25, 0.3) is 0 Å². The van der Waals surface area contributed by atoms with Crippen LogP contribution in [0.25, 0.3) is 11.3 Å². The molecule has 1 aromatic heterocycles. The van der Waals surface area contributed by atoms with Crippen molar-refractivity contribution in [2.24, 2.45) is 0 Å².